The molecular weight excluding hydrogens is 276 g/mol. The van der Waals surface area contributed by atoms with Gasteiger partial charge in [-0.25, -0.2) is 4.79 Å². The van der Waals surface area contributed by atoms with Crippen LogP contribution in [0.15, 0.2) is 60.2 Å². The SMILES string of the molecule is CN(C)c1ccc(C=C(C#N)C(=O)Oc2ccccc2)cc1. The Morgan fingerprint density at radius 2 is 1.73 bits per heavy atom. The van der Waals surface area contributed by atoms with E-state index < -0.39 is 5.97 Å². The van der Waals surface area contributed by atoms with E-state index in [1.165, 1.54) is 6.08 Å². The van der Waals surface area contributed by atoms with Crippen molar-refractivity contribution in [2.24, 2.45) is 0 Å². The Hall–Kier alpha value is -3.06. The Morgan fingerprint density at radius 3 is 2.27 bits per heavy atom. The van der Waals surface area contributed by atoms with Crippen molar-refractivity contribution in [3.8, 4) is 11.8 Å². The van der Waals surface area contributed by atoms with E-state index >= 15 is 0 Å². The molecule has 0 radical (unpaired) electrons. The van der Waals surface area contributed by atoms with Crippen LogP contribution in [0.5, 0.6) is 5.75 Å². The second-order valence-corrected chi connectivity index (χ2v) is 4.86. The second-order valence-electron chi connectivity index (χ2n) is 4.86. The smallest absolute Gasteiger partial charge is 0.354 e. The molecule has 2 aromatic carbocycles. The second kappa shape index (κ2) is 7.09. The van der Waals surface area contributed by atoms with Crippen LogP contribution in [0.1, 0.15) is 5.56 Å². The molecule has 22 heavy (non-hydrogen) atoms. The lowest BCUT2D eigenvalue weighted by Gasteiger charge is -2.11. The fraction of sp³-hybridized carbons (Fsp3) is 0.111. The first-order chi connectivity index (χ1) is 10.6. The van der Waals surface area contributed by atoms with Gasteiger partial charge in [0.15, 0.2) is 0 Å². The maximum absolute atomic E-state index is 12.0. The molecule has 0 bridgehead atoms. The number of anilines is 1. The highest BCUT2D eigenvalue weighted by molar-refractivity contribution is 5.99. The normalized spacial score (nSPS) is 10.7. The highest BCUT2D eigenvalue weighted by Gasteiger charge is 2.11. The zero-order valence-corrected chi connectivity index (χ0v) is 12.5. The van der Waals surface area contributed by atoms with Crippen LogP contribution in [0.3, 0.4) is 0 Å². The van der Waals surface area contributed by atoms with E-state index in [1.54, 1.807) is 24.3 Å². The number of rotatable bonds is 4. The summed E-state index contributed by atoms with van der Waals surface area (Å²) in [6.07, 6.45) is 1.52. The number of benzene rings is 2. The number of carbonyl (C=O) groups is 1. The maximum Gasteiger partial charge on any atom is 0.354 e. The Morgan fingerprint density at radius 1 is 1.09 bits per heavy atom. The molecule has 0 N–H and O–H groups in total. The zero-order valence-electron chi connectivity index (χ0n) is 12.5. The third-order valence-electron chi connectivity index (χ3n) is 3.01. The molecule has 0 saturated carbocycles. The summed E-state index contributed by atoms with van der Waals surface area (Å²) >= 11 is 0. The number of para-hydroxylation sites is 1. The first-order valence-corrected chi connectivity index (χ1v) is 6.76. The highest BCUT2D eigenvalue weighted by atomic mass is 16.5. The minimum atomic E-state index is -0.662. The largest absolute Gasteiger partial charge is 0.422 e. The predicted octanol–water partition coefficient (Wildman–Crippen LogP) is 3.27. The molecule has 0 aliphatic carbocycles. The van der Waals surface area contributed by atoms with Crippen LogP contribution in [0.4, 0.5) is 5.69 Å². The maximum atomic E-state index is 12.0. The minimum absolute atomic E-state index is 0.0403. The fourth-order valence-electron chi connectivity index (χ4n) is 1.82. The summed E-state index contributed by atoms with van der Waals surface area (Å²) in [6, 6.07) is 18.1. The number of esters is 1. The highest BCUT2D eigenvalue weighted by Crippen LogP contribution is 2.16. The van der Waals surface area contributed by atoms with Crippen LogP contribution < -0.4 is 9.64 Å². The molecule has 2 rings (SSSR count). The standard InChI is InChI=1S/C18H16N2O2/c1-20(2)16-10-8-14(9-11-16)12-15(13-19)18(21)22-17-6-4-3-5-7-17/h3-12H,1-2H3. The van der Waals surface area contributed by atoms with Gasteiger partial charge in [-0.2, -0.15) is 5.26 Å². The Balaban J connectivity index is 2.16. The van der Waals surface area contributed by atoms with Gasteiger partial charge in [-0.3, -0.25) is 0 Å². The summed E-state index contributed by atoms with van der Waals surface area (Å²) in [5.41, 5.74) is 1.77. The average molecular weight is 292 g/mol. The molecule has 0 spiro atoms. The van der Waals surface area contributed by atoms with Gasteiger partial charge in [0, 0.05) is 19.8 Å². The Labute approximate surface area is 129 Å². The van der Waals surface area contributed by atoms with Gasteiger partial charge >= 0.3 is 5.97 Å². The van der Waals surface area contributed by atoms with Crippen LogP contribution in [0, 0.1) is 11.3 Å². The summed E-state index contributed by atoms with van der Waals surface area (Å²) in [5.74, 6) is -0.248. The Bertz CT molecular complexity index is 711. The van der Waals surface area contributed by atoms with Crippen molar-refractivity contribution in [3.05, 3.63) is 65.7 Å². The van der Waals surface area contributed by atoms with Crippen molar-refractivity contribution in [2.75, 3.05) is 19.0 Å². The monoisotopic (exact) mass is 292 g/mol. The van der Waals surface area contributed by atoms with E-state index in [0.29, 0.717) is 5.75 Å². The van der Waals surface area contributed by atoms with Crippen molar-refractivity contribution in [1.29, 1.82) is 5.26 Å². The van der Waals surface area contributed by atoms with E-state index in [4.69, 9.17) is 10.00 Å². The van der Waals surface area contributed by atoms with Crippen LogP contribution in [0.2, 0.25) is 0 Å². The van der Waals surface area contributed by atoms with E-state index in [2.05, 4.69) is 0 Å². The van der Waals surface area contributed by atoms with Crippen LogP contribution in [-0.2, 0) is 4.79 Å². The third kappa shape index (κ3) is 3.97. The minimum Gasteiger partial charge on any atom is -0.422 e. The topological polar surface area (TPSA) is 53.3 Å². The van der Waals surface area contributed by atoms with Gasteiger partial charge in [0.2, 0.25) is 0 Å². The fourth-order valence-corrected chi connectivity index (χ4v) is 1.82. The van der Waals surface area contributed by atoms with Gasteiger partial charge in [0.1, 0.15) is 17.4 Å². The van der Waals surface area contributed by atoms with Gasteiger partial charge in [-0.1, -0.05) is 30.3 Å². The quantitative estimate of drug-likeness (QED) is 0.375. The number of nitriles is 1. The summed E-state index contributed by atoms with van der Waals surface area (Å²) in [5, 5.41) is 9.15. The van der Waals surface area contributed by atoms with Crippen LogP contribution >= 0.6 is 0 Å². The lowest BCUT2D eigenvalue weighted by molar-refractivity contribution is -0.129. The van der Waals surface area contributed by atoms with Crippen molar-refractivity contribution in [3.63, 3.8) is 0 Å². The summed E-state index contributed by atoms with van der Waals surface area (Å²) in [4.78, 5) is 14.0. The van der Waals surface area contributed by atoms with Crippen molar-refractivity contribution >= 4 is 17.7 Å². The molecule has 2 aromatic rings. The molecule has 0 aliphatic rings. The molecule has 0 fully saturated rings. The summed E-state index contributed by atoms with van der Waals surface area (Å²) < 4.78 is 5.16. The molecule has 110 valence electrons. The molecule has 0 aliphatic heterocycles. The van der Waals surface area contributed by atoms with E-state index in [9.17, 15) is 4.79 Å². The molecule has 0 aromatic heterocycles. The van der Waals surface area contributed by atoms with Gasteiger partial charge in [0.05, 0.1) is 0 Å². The molecular formula is C18H16N2O2. The summed E-state index contributed by atoms with van der Waals surface area (Å²) in [6.45, 7) is 0. The van der Waals surface area contributed by atoms with E-state index in [0.717, 1.165) is 11.3 Å². The van der Waals surface area contributed by atoms with Crippen LogP contribution in [-0.4, -0.2) is 20.1 Å². The van der Waals surface area contributed by atoms with Gasteiger partial charge in [0.25, 0.3) is 0 Å². The third-order valence-corrected chi connectivity index (χ3v) is 3.01. The molecule has 0 heterocycles. The number of hydrogen-bond donors (Lipinski definition) is 0. The lowest BCUT2D eigenvalue weighted by atomic mass is 10.1. The number of carbonyl (C=O) groups excluding carboxylic acids is 1. The number of ether oxygens (including phenoxy) is 1. The molecule has 0 saturated heterocycles. The lowest BCUT2D eigenvalue weighted by Crippen LogP contribution is -2.10. The van der Waals surface area contributed by atoms with Crippen molar-refractivity contribution in [2.45, 2.75) is 0 Å². The molecule has 0 atom stereocenters. The van der Waals surface area contributed by atoms with Gasteiger partial charge in [-0.15, -0.1) is 0 Å². The molecule has 0 amide bonds. The average Bonchev–Trinajstić information content (AvgIpc) is 2.53. The molecule has 4 heteroatoms. The molecule has 0 unspecified atom stereocenters. The summed E-state index contributed by atoms with van der Waals surface area (Å²) in [7, 11) is 3.89. The zero-order chi connectivity index (χ0) is 15.9. The number of hydrogen-bond acceptors (Lipinski definition) is 4. The van der Waals surface area contributed by atoms with E-state index in [1.807, 2.05) is 55.4 Å². The predicted molar refractivity (Wildman–Crippen MR) is 86.4 cm³/mol. The van der Waals surface area contributed by atoms with Gasteiger partial charge < -0.3 is 9.64 Å². The first-order valence-electron chi connectivity index (χ1n) is 6.76. The van der Waals surface area contributed by atoms with E-state index in [-0.39, 0.29) is 5.57 Å². The van der Waals surface area contributed by atoms with Crippen LogP contribution in [0.25, 0.3) is 6.08 Å². The van der Waals surface area contributed by atoms with Crippen molar-refractivity contribution < 1.29 is 9.53 Å². The number of nitrogens with zero attached hydrogens (tertiary/aromatic N) is 2. The first kappa shape index (κ1) is 15.3. The van der Waals surface area contributed by atoms with Gasteiger partial charge in [-0.05, 0) is 35.9 Å². The van der Waals surface area contributed by atoms with Crippen molar-refractivity contribution in [1.82, 2.24) is 0 Å². The molecule has 4 nitrogen and oxygen atoms in total. The Kier molecular flexibility index (Phi) is 4.94.